The van der Waals surface area contributed by atoms with Crippen LogP contribution in [0.4, 0.5) is 0 Å². The second-order valence-electron chi connectivity index (χ2n) is 6.31. The van der Waals surface area contributed by atoms with Crippen LogP contribution >= 0.6 is 0 Å². The maximum absolute atomic E-state index is 6.11. The molecule has 2 unspecified atom stereocenters. The number of hydrogen-bond donors (Lipinski definition) is 1. The lowest BCUT2D eigenvalue weighted by Gasteiger charge is -2.26. The fourth-order valence-electron chi connectivity index (χ4n) is 3.30. The third-order valence-corrected chi connectivity index (χ3v) is 4.71. The highest BCUT2D eigenvalue weighted by Gasteiger charge is 2.32. The number of rotatable bonds is 6. The van der Waals surface area contributed by atoms with Crippen LogP contribution in [0.3, 0.4) is 0 Å². The van der Waals surface area contributed by atoms with Gasteiger partial charge in [0.25, 0.3) is 0 Å². The Kier molecular flexibility index (Phi) is 4.36. The van der Waals surface area contributed by atoms with Gasteiger partial charge in [-0.1, -0.05) is 24.4 Å². The molecule has 0 saturated heterocycles. The molecule has 112 valence electrons. The van der Waals surface area contributed by atoms with Crippen molar-refractivity contribution in [2.45, 2.75) is 63.5 Å². The van der Waals surface area contributed by atoms with E-state index in [1.54, 1.807) is 7.11 Å². The fourth-order valence-corrected chi connectivity index (χ4v) is 3.30. The Morgan fingerprint density at radius 3 is 2.60 bits per heavy atom. The summed E-state index contributed by atoms with van der Waals surface area (Å²) in [6.07, 6.45) is 9.44. The van der Waals surface area contributed by atoms with Crippen molar-refractivity contribution in [2.24, 2.45) is 17.6 Å². The molecule has 2 fully saturated rings. The lowest BCUT2D eigenvalue weighted by atomic mass is 9.85. The van der Waals surface area contributed by atoms with Crippen molar-refractivity contribution in [3.8, 4) is 0 Å². The quantitative estimate of drug-likeness (QED) is 0.866. The monoisotopic (exact) mass is 279 g/mol. The molecular formula is C15H25N3O2. The van der Waals surface area contributed by atoms with Gasteiger partial charge in [-0.05, 0) is 37.5 Å². The van der Waals surface area contributed by atoms with Crippen molar-refractivity contribution in [3.63, 3.8) is 0 Å². The van der Waals surface area contributed by atoms with Crippen LogP contribution < -0.4 is 5.73 Å². The van der Waals surface area contributed by atoms with Crippen molar-refractivity contribution < 1.29 is 9.26 Å². The summed E-state index contributed by atoms with van der Waals surface area (Å²) in [7, 11) is 1.74. The van der Waals surface area contributed by atoms with E-state index < -0.39 is 0 Å². The Morgan fingerprint density at radius 2 is 1.95 bits per heavy atom. The molecule has 3 rings (SSSR count). The number of aromatic nitrogens is 2. The van der Waals surface area contributed by atoms with Crippen LogP contribution in [0.5, 0.6) is 0 Å². The highest BCUT2D eigenvalue weighted by molar-refractivity contribution is 4.98. The molecule has 2 N–H and O–H groups in total. The molecule has 2 aliphatic carbocycles. The third kappa shape index (κ3) is 3.20. The molecule has 0 bridgehead atoms. The van der Waals surface area contributed by atoms with E-state index in [2.05, 4.69) is 10.1 Å². The molecule has 1 heterocycles. The molecule has 2 atom stereocenters. The van der Waals surface area contributed by atoms with E-state index in [0.29, 0.717) is 30.0 Å². The molecular weight excluding hydrogens is 254 g/mol. The topological polar surface area (TPSA) is 74.2 Å². The van der Waals surface area contributed by atoms with Gasteiger partial charge >= 0.3 is 0 Å². The van der Waals surface area contributed by atoms with Crippen LogP contribution in [0.2, 0.25) is 0 Å². The molecule has 1 aromatic heterocycles. The second-order valence-corrected chi connectivity index (χ2v) is 6.31. The minimum atomic E-state index is -0.0232. The Hall–Kier alpha value is -0.940. The minimum absolute atomic E-state index is 0.0232. The SMILES string of the molecule is COC(c1noc(CC(N)C2CC2)n1)C1CCCCC1. The summed E-state index contributed by atoms with van der Waals surface area (Å²) < 4.78 is 11.0. The van der Waals surface area contributed by atoms with Crippen LogP contribution in [-0.4, -0.2) is 23.3 Å². The molecule has 0 spiro atoms. The second kappa shape index (κ2) is 6.22. The number of ether oxygens (including phenoxy) is 1. The van der Waals surface area contributed by atoms with Crippen molar-refractivity contribution in [1.82, 2.24) is 10.1 Å². The summed E-state index contributed by atoms with van der Waals surface area (Å²) in [6.45, 7) is 0. The van der Waals surface area contributed by atoms with Gasteiger partial charge in [0.15, 0.2) is 0 Å². The highest BCUT2D eigenvalue weighted by Crippen LogP contribution is 2.36. The van der Waals surface area contributed by atoms with E-state index in [-0.39, 0.29) is 12.1 Å². The summed E-state index contributed by atoms with van der Waals surface area (Å²) in [5.74, 6) is 2.55. The molecule has 0 radical (unpaired) electrons. The summed E-state index contributed by atoms with van der Waals surface area (Å²) in [5.41, 5.74) is 6.11. The summed E-state index contributed by atoms with van der Waals surface area (Å²) in [4.78, 5) is 4.52. The minimum Gasteiger partial charge on any atom is -0.373 e. The average Bonchev–Trinajstić information content (AvgIpc) is 3.23. The van der Waals surface area contributed by atoms with E-state index >= 15 is 0 Å². The van der Waals surface area contributed by atoms with Gasteiger partial charge in [-0.25, -0.2) is 0 Å². The van der Waals surface area contributed by atoms with Crippen LogP contribution in [0.25, 0.3) is 0 Å². The van der Waals surface area contributed by atoms with Gasteiger partial charge in [0.1, 0.15) is 6.10 Å². The Balaban J connectivity index is 1.63. The first-order chi connectivity index (χ1) is 9.78. The van der Waals surface area contributed by atoms with Crippen molar-refractivity contribution >= 4 is 0 Å². The smallest absolute Gasteiger partial charge is 0.228 e. The normalized spacial score (nSPS) is 23.7. The number of hydrogen-bond acceptors (Lipinski definition) is 5. The van der Waals surface area contributed by atoms with E-state index in [4.69, 9.17) is 15.0 Å². The summed E-state index contributed by atoms with van der Waals surface area (Å²) in [5, 5.41) is 4.13. The van der Waals surface area contributed by atoms with E-state index in [1.165, 1.54) is 44.9 Å². The van der Waals surface area contributed by atoms with E-state index in [1.807, 2.05) is 0 Å². The van der Waals surface area contributed by atoms with Gasteiger partial charge in [0.2, 0.25) is 11.7 Å². The molecule has 2 saturated carbocycles. The van der Waals surface area contributed by atoms with Gasteiger partial charge in [0, 0.05) is 19.6 Å². The molecule has 1 aromatic rings. The third-order valence-electron chi connectivity index (χ3n) is 4.71. The lowest BCUT2D eigenvalue weighted by Crippen LogP contribution is -2.25. The highest BCUT2D eigenvalue weighted by atomic mass is 16.5. The van der Waals surface area contributed by atoms with Crippen molar-refractivity contribution in [1.29, 1.82) is 0 Å². The Bertz CT molecular complexity index is 425. The van der Waals surface area contributed by atoms with E-state index in [9.17, 15) is 0 Å². The molecule has 0 aromatic carbocycles. The number of nitrogens with two attached hydrogens (primary N) is 1. The predicted octanol–water partition coefficient (Wildman–Crippen LogP) is 2.62. The number of nitrogens with zero attached hydrogens (tertiary/aromatic N) is 2. The van der Waals surface area contributed by atoms with Gasteiger partial charge in [-0.15, -0.1) is 0 Å². The summed E-state index contributed by atoms with van der Waals surface area (Å²) >= 11 is 0. The maximum atomic E-state index is 6.11. The van der Waals surface area contributed by atoms with Crippen molar-refractivity contribution in [2.75, 3.05) is 7.11 Å². The Labute approximate surface area is 120 Å². The maximum Gasteiger partial charge on any atom is 0.228 e. The first kappa shape index (κ1) is 14.0. The number of methoxy groups -OCH3 is 1. The lowest BCUT2D eigenvalue weighted by molar-refractivity contribution is 0.0273. The largest absolute Gasteiger partial charge is 0.373 e. The molecule has 0 aliphatic heterocycles. The molecule has 5 heteroatoms. The van der Waals surface area contributed by atoms with Crippen LogP contribution in [0.15, 0.2) is 4.52 Å². The van der Waals surface area contributed by atoms with Crippen molar-refractivity contribution in [3.05, 3.63) is 11.7 Å². The summed E-state index contributed by atoms with van der Waals surface area (Å²) in [6, 6.07) is 0.166. The van der Waals surface area contributed by atoms with Gasteiger partial charge < -0.3 is 15.0 Å². The van der Waals surface area contributed by atoms with Crippen LogP contribution in [-0.2, 0) is 11.2 Å². The average molecular weight is 279 g/mol. The zero-order valence-corrected chi connectivity index (χ0v) is 12.3. The first-order valence-corrected chi connectivity index (χ1v) is 7.88. The molecule has 2 aliphatic rings. The fraction of sp³-hybridized carbons (Fsp3) is 0.867. The molecule has 5 nitrogen and oxygen atoms in total. The molecule has 20 heavy (non-hydrogen) atoms. The van der Waals surface area contributed by atoms with Gasteiger partial charge in [0.05, 0.1) is 0 Å². The molecule has 0 amide bonds. The van der Waals surface area contributed by atoms with Gasteiger partial charge in [-0.2, -0.15) is 4.98 Å². The zero-order chi connectivity index (χ0) is 13.9. The zero-order valence-electron chi connectivity index (χ0n) is 12.3. The Morgan fingerprint density at radius 1 is 1.20 bits per heavy atom. The van der Waals surface area contributed by atoms with Crippen LogP contribution in [0.1, 0.15) is 62.8 Å². The van der Waals surface area contributed by atoms with E-state index in [0.717, 1.165) is 0 Å². The van der Waals surface area contributed by atoms with Gasteiger partial charge in [-0.3, -0.25) is 0 Å². The van der Waals surface area contributed by atoms with Crippen LogP contribution in [0, 0.1) is 11.8 Å². The standard InChI is InChI=1S/C15H25N3O2/c1-19-14(11-5-3-2-4-6-11)15-17-13(20-18-15)9-12(16)10-7-8-10/h10-12,14H,2-9,16H2,1H3. The first-order valence-electron chi connectivity index (χ1n) is 7.88. The predicted molar refractivity (Wildman–Crippen MR) is 75.0 cm³/mol.